The van der Waals surface area contributed by atoms with Gasteiger partial charge in [-0.05, 0) is 25.2 Å². The number of rotatable bonds is 26. The molecule has 0 saturated heterocycles. The summed E-state index contributed by atoms with van der Waals surface area (Å²) in [7, 11) is 0. The summed E-state index contributed by atoms with van der Waals surface area (Å²) in [6.07, 6.45) is 22.4. The molecule has 2 N–H and O–H groups in total. The Morgan fingerprint density at radius 1 is 0.611 bits per heavy atom. The van der Waals surface area contributed by atoms with Gasteiger partial charge < -0.3 is 19.7 Å². The zero-order valence-electron chi connectivity index (χ0n) is 25.6. The van der Waals surface area contributed by atoms with Crippen LogP contribution in [0.5, 0.6) is 0 Å². The third-order valence-corrected chi connectivity index (χ3v) is 7.38. The van der Waals surface area contributed by atoms with E-state index in [9.17, 15) is 5.11 Å². The lowest BCUT2D eigenvalue weighted by Gasteiger charge is -2.37. The molecule has 0 aliphatic heterocycles. The Hall–Kier alpha value is -0.160. The van der Waals surface area contributed by atoms with E-state index in [2.05, 4.69) is 41.5 Å². The van der Waals surface area contributed by atoms with Crippen LogP contribution in [0, 0.1) is 5.92 Å². The number of ether oxygens (including phenoxy) is 2. The van der Waals surface area contributed by atoms with Crippen LogP contribution in [0.4, 0.5) is 0 Å². The number of aliphatic hydroxyl groups is 2. The second kappa shape index (κ2) is 29.4. The molecule has 0 aromatic rings. The van der Waals surface area contributed by atoms with Crippen molar-refractivity contribution in [2.45, 2.75) is 175 Å². The van der Waals surface area contributed by atoms with E-state index in [0.29, 0.717) is 19.8 Å². The predicted molar refractivity (Wildman–Crippen MR) is 158 cm³/mol. The van der Waals surface area contributed by atoms with Crippen molar-refractivity contribution in [1.29, 1.82) is 0 Å². The van der Waals surface area contributed by atoms with Gasteiger partial charge in [0.15, 0.2) is 0 Å². The van der Waals surface area contributed by atoms with Gasteiger partial charge in [0.05, 0.1) is 38.1 Å². The minimum Gasteiger partial charge on any atom is -0.394 e. The van der Waals surface area contributed by atoms with Gasteiger partial charge in [0.2, 0.25) is 0 Å². The van der Waals surface area contributed by atoms with E-state index >= 15 is 0 Å². The monoisotopic (exact) mass is 517 g/mol. The minimum absolute atomic E-state index is 0.0407. The van der Waals surface area contributed by atoms with Crippen molar-refractivity contribution in [3.05, 3.63) is 0 Å². The summed E-state index contributed by atoms with van der Waals surface area (Å²) in [6, 6.07) is 0. The van der Waals surface area contributed by atoms with Crippen LogP contribution in [0.3, 0.4) is 0 Å². The van der Waals surface area contributed by atoms with E-state index in [1.165, 1.54) is 77.0 Å². The number of hydrogen-bond acceptors (Lipinski definition) is 4. The molecule has 0 amide bonds. The molecule has 0 spiro atoms. The average Bonchev–Trinajstić information content (AvgIpc) is 2.89. The molecule has 220 valence electrons. The smallest absolute Gasteiger partial charge is 0.0908 e. The molecule has 0 rings (SSSR count). The van der Waals surface area contributed by atoms with Gasteiger partial charge >= 0.3 is 0 Å². The van der Waals surface area contributed by atoms with Gasteiger partial charge in [0, 0.05) is 0 Å². The Labute approximate surface area is 227 Å². The molecule has 3 atom stereocenters. The van der Waals surface area contributed by atoms with Crippen molar-refractivity contribution in [1.82, 2.24) is 0 Å². The topological polar surface area (TPSA) is 58.9 Å². The van der Waals surface area contributed by atoms with Crippen LogP contribution in [-0.2, 0) is 9.47 Å². The fraction of sp³-hybridized carbons (Fsp3) is 1.00. The second-order valence-corrected chi connectivity index (χ2v) is 10.9. The van der Waals surface area contributed by atoms with Crippen molar-refractivity contribution in [3.8, 4) is 0 Å². The van der Waals surface area contributed by atoms with Gasteiger partial charge in [-0.25, -0.2) is 0 Å². The molecule has 3 unspecified atom stereocenters. The summed E-state index contributed by atoms with van der Waals surface area (Å²) in [6.45, 7) is 14.9. The van der Waals surface area contributed by atoms with Crippen molar-refractivity contribution in [2.75, 3.05) is 26.4 Å². The summed E-state index contributed by atoms with van der Waals surface area (Å²) in [5.41, 5.74) is -0.718. The molecular weight excluding hydrogens is 448 g/mol. The van der Waals surface area contributed by atoms with Crippen LogP contribution in [0.1, 0.15) is 164 Å². The Bertz CT molecular complexity index is 404. The molecule has 0 heterocycles. The van der Waals surface area contributed by atoms with Crippen molar-refractivity contribution in [3.63, 3.8) is 0 Å². The molecule has 4 nitrogen and oxygen atoms in total. The van der Waals surface area contributed by atoms with Crippen LogP contribution < -0.4 is 0 Å². The summed E-state index contributed by atoms with van der Waals surface area (Å²) in [5, 5.41) is 20.4. The Kier molecular flexibility index (Phi) is 31.0. The molecular formula is C32H68O4. The molecule has 0 aromatic heterocycles. The highest BCUT2D eigenvalue weighted by atomic mass is 16.5. The molecule has 0 saturated carbocycles. The molecule has 0 bridgehead atoms. The van der Waals surface area contributed by atoms with Gasteiger partial charge in [-0.15, -0.1) is 0 Å². The lowest BCUT2D eigenvalue weighted by molar-refractivity contribution is -0.131. The molecule has 4 heteroatoms. The van der Waals surface area contributed by atoms with Crippen LogP contribution in [0.25, 0.3) is 0 Å². The number of hydrogen-bond donors (Lipinski definition) is 2. The molecule has 0 aliphatic rings. The maximum Gasteiger partial charge on any atom is 0.0908 e. The average molecular weight is 517 g/mol. The van der Waals surface area contributed by atoms with Crippen molar-refractivity contribution in [2.24, 2.45) is 5.92 Å². The standard InChI is InChI=1S/C24H50O4.C8H18/c1-4-7-10-12-13-14-16-23(28-22-21-27-20-19-25)24(26,17-9-6-3)18-15-11-8-5-2;1-4-6-7-8(3)5-2/h23,25-26H,4-22H2,1-3H3;8H,4-7H2,1-3H3. The SMILES string of the molecule is CCCCC(C)CC.CCCCCCCCC(OCCOCCO)C(O)(CCCC)CCCCCC. The number of aliphatic hydroxyl groups excluding tert-OH is 1. The molecule has 0 aliphatic carbocycles. The summed E-state index contributed by atoms with van der Waals surface area (Å²) in [5.74, 6) is 0.954. The van der Waals surface area contributed by atoms with Gasteiger partial charge in [0.1, 0.15) is 0 Å². The zero-order chi connectivity index (χ0) is 27.3. The Morgan fingerprint density at radius 3 is 1.75 bits per heavy atom. The Morgan fingerprint density at radius 2 is 1.17 bits per heavy atom. The van der Waals surface area contributed by atoms with Crippen molar-refractivity contribution < 1.29 is 19.7 Å². The third-order valence-electron chi connectivity index (χ3n) is 7.38. The van der Waals surface area contributed by atoms with E-state index < -0.39 is 5.60 Å². The lowest BCUT2D eigenvalue weighted by atomic mass is 9.83. The fourth-order valence-corrected chi connectivity index (χ4v) is 4.58. The highest BCUT2D eigenvalue weighted by molar-refractivity contribution is 4.88. The second-order valence-electron chi connectivity index (χ2n) is 10.9. The maximum absolute atomic E-state index is 11.5. The van der Waals surface area contributed by atoms with E-state index in [1.807, 2.05) is 0 Å². The van der Waals surface area contributed by atoms with E-state index in [1.54, 1.807) is 0 Å². The largest absolute Gasteiger partial charge is 0.394 e. The van der Waals surface area contributed by atoms with E-state index in [-0.39, 0.29) is 12.7 Å². The minimum atomic E-state index is -0.718. The number of unbranched alkanes of at least 4 members (excludes halogenated alkanes) is 10. The highest BCUT2D eigenvalue weighted by Crippen LogP contribution is 2.31. The van der Waals surface area contributed by atoms with Gasteiger partial charge in [-0.3, -0.25) is 0 Å². The third kappa shape index (κ3) is 24.2. The van der Waals surface area contributed by atoms with Crippen LogP contribution in [0.15, 0.2) is 0 Å². The molecule has 0 radical (unpaired) electrons. The lowest BCUT2D eigenvalue weighted by Crippen LogP contribution is -2.44. The van der Waals surface area contributed by atoms with Crippen molar-refractivity contribution >= 4 is 0 Å². The normalized spacial score (nSPS) is 14.7. The quantitative estimate of drug-likeness (QED) is 0.112. The van der Waals surface area contributed by atoms with Crippen LogP contribution >= 0.6 is 0 Å². The van der Waals surface area contributed by atoms with E-state index in [4.69, 9.17) is 14.6 Å². The summed E-state index contributed by atoms with van der Waals surface area (Å²) < 4.78 is 11.5. The maximum atomic E-state index is 11.5. The molecule has 0 aromatic carbocycles. The first-order valence-corrected chi connectivity index (χ1v) is 16.0. The van der Waals surface area contributed by atoms with Gasteiger partial charge in [0.25, 0.3) is 0 Å². The first-order valence-electron chi connectivity index (χ1n) is 16.0. The molecule has 0 fully saturated rings. The Balaban J connectivity index is 0. The summed E-state index contributed by atoms with van der Waals surface area (Å²) >= 11 is 0. The van der Waals surface area contributed by atoms with E-state index in [0.717, 1.165) is 50.9 Å². The predicted octanol–water partition coefficient (Wildman–Crippen LogP) is 9.25. The fourth-order valence-electron chi connectivity index (χ4n) is 4.58. The first-order chi connectivity index (χ1) is 17.4. The van der Waals surface area contributed by atoms with Crippen LogP contribution in [-0.4, -0.2) is 48.3 Å². The summed E-state index contributed by atoms with van der Waals surface area (Å²) in [4.78, 5) is 0. The van der Waals surface area contributed by atoms with Gasteiger partial charge in [-0.1, -0.05) is 144 Å². The highest BCUT2D eigenvalue weighted by Gasteiger charge is 2.36. The molecule has 36 heavy (non-hydrogen) atoms. The van der Waals surface area contributed by atoms with Gasteiger partial charge in [-0.2, -0.15) is 0 Å². The van der Waals surface area contributed by atoms with Crippen LogP contribution in [0.2, 0.25) is 0 Å². The first kappa shape index (κ1) is 38.0. The zero-order valence-corrected chi connectivity index (χ0v) is 25.6.